The highest BCUT2D eigenvalue weighted by molar-refractivity contribution is 5.74. The van der Waals surface area contributed by atoms with E-state index in [0.717, 1.165) is 122 Å². The average Bonchev–Trinajstić information content (AvgIpc) is 3.35. The molecular formula is C59H94O12. The van der Waals surface area contributed by atoms with Gasteiger partial charge in [-0.25, -0.2) is 4.79 Å². The minimum Gasteiger partial charge on any atom is -0.479 e. The molecule has 1 aliphatic rings. The molecule has 12 heteroatoms. The van der Waals surface area contributed by atoms with Crippen LogP contribution in [0, 0.1) is 0 Å². The molecule has 12 nitrogen and oxygen atoms in total. The van der Waals surface area contributed by atoms with Crippen LogP contribution in [-0.2, 0) is 42.9 Å². The Bertz CT molecular complexity index is 1610. The zero-order valence-corrected chi connectivity index (χ0v) is 43.9. The molecule has 402 valence electrons. The number of aliphatic hydroxyl groups is 2. The Balaban J connectivity index is 2.76. The number of aliphatic hydroxyl groups excluding tert-OH is 2. The van der Waals surface area contributed by atoms with Crippen LogP contribution in [0.25, 0.3) is 0 Å². The third-order valence-electron chi connectivity index (χ3n) is 11.6. The molecule has 1 fully saturated rings. The minimum atomic E-state index is -1.92. The van der Waals surface area contributed by atoms with Crippen molar-refractivity contribution < 1.29 is 58.2 Å². The van der Waals surface area contributed by atoms with Gasteiger partial charge in [0, 0.05) is 19.3 Å². The van der Waals surface area contributed by atoms with E-state index in [9.17, 15) is 34.5 Å². The maximum atomic E-state index is 13.1. The number of rotatable bonds is 44. The summed E-state index contributed by atoms with van der Waals surface area (Å²) in [7, 11) is 0. The Morgan fingerprint density at radius 3 is 1.46 bits per heavy atom. The molecule has 0 bridgehead atoms. The van der Waals surface area contributed by atoms with Crippen molar-refractivity contribution in [3.8, 4) is 0 Å². The van der Waals surface area contributed by atoms with E-state index in [2.05, 4.69) is 112 Å². The molecule has 0 aromatic heterocycles. The summed E-state index contributed by atoms with van der Waals surface area (Å²) in [6, 6.07) is 0. The van der Waals surface area contributed by atoms with Gasteiger partial charge in [-0.2, -0.15) is 0 Å². The van der Waals surface area contributed by atoms with Crippen molar-refractivity contribution in [2.24, 2.45) is 0 Å². The fraction of sp³-hybridized carbons (Fsp3) is 0.661. The van der Waals surface area contributed by atoms with E-state index >= 15 is 0 Å². The Labute approximate surface area is 428 Å². The molecule has 0 saturated carbocycles. The Morgan fingerprint density at radius 2 is 0.930 bits per heavy atom. The molecule has 1 heterocycles. The number of unbranched alkanes of at least 4 members (excludes halogenated alkanes) is 14. The van der Waals surface area contributed by atoms with E-state index < -0.39 is 67.3 Å². The highest BCUT2D eigenvalue weighted by atomic mass is 16.7. The van der Waals surface area contributed by atoms with Crippen LogP contribution in [0.15, 0.2) is 97.2 Å². The van der Waals surface area contributed by atoms with Gasteiger partial charge in [0.1, 0.15) is 18.8 Å². The maximum absolute atomic E-state index is 13.1. The van der Waals surface area contributed by atoms with Gasteiger partial charge in [0.05, 0.1) is 6.61 Å². The highest BCUT2D eigenvalue weighted by Crippen LogP contribution is 2.26. The number of carboxylic acids is 1. The van der Waals surface area contributed by atoms with Crippen molar-refractivity contribution in [1.29, 1.82) is 0 Å². The summed E-state index contributed by atoms with van der Waals surface area (Å²) < 4.78 is 28.2. The zero-order chi connectivity index (χ0) is 51.8. The molecule has 0 aromatic carbocycles. The van der Waals surface area contributed by atoms with E-state index in [1.807, 2.05) is 6.08 Å². The molecule has 0 aromatic rings. The Kier molecular flexibility index (Phi) is 42.5. The zero-order valence-electron chi connectivity index (χ0n) is 43.9. The lowest BCUT2D eigenvalue weighted by atomic mass is 9.98. The summed E-state index contributed by atoms with van der Waals surface area (Å²) >= 11 is 0. The molecule has 1 aliphatic heterocycles. The van der Waals surface area contributed by atoms with Gasteiger partial charge in [-0.3, -0.25) is 14.4 Å². The summed E-state index contributed by atoms with van der Waals surface area (Å²) in [6.45, 7) is 5.68. The van der Waals surface area contributed by atoms with E-state index in [1.165, 1.54) is 12.8 Å². The lowest BCUT2D eigenvalue weighted by Crippen LogP contribution is -2.61. The highest BCUT2D eigenvalue weighted by Gasteiger charge is 2.50. The fourth-order valence-corrected chi connectivity index (χ4v) is 7.42. The van der Waals surface area contributed by atoms with Crippen LogP contribution in [0.1, 0.15) is 201 Å². The molecule has 0 aliphatic carbocycles. The van der Waals surface area contributed by atoms with Crippen molar-refractivity contribution >= 4 is 23.9 Å². The summed E-state index contributed by atoms with van der Waals surface area (Å²) in [5.41, 5.74) is 0. The first-order valence-corrected chi connectivity index (χ1v) is 27.2. The molecule has 0 amide bonds. The molecule has 0 spiro atoms. The maximum Gasteiger partial charge on any atom is 0.335 e. The largest absolute Gasteiger partial charge is 0.479 e. The van der Waals surface area contributed by atoms with Crippen LogP contribution in [-0.4, -0.2) is 89.2 Å². The van der Waals surface area contributed by atoms with Gasteiger partial charge in [0.2, 0.25) is 0 Å². The summed E-state index contributed by atoms with van der Waals surface area (Å²) in [4.78, 5) is 50.9. The van der Waals surface area contributed by atoms with Crippen molar-refractivity contribution in [3.63, 3.8) is 0 Å². The first-order chi connectivity index (χ1) is 34.6. The second-order valence-electron chi connectivity index (χ2n) is 18.1. The summed E-state index contributed by atoms with van der Waals surface area (Å²) in [5, 5.41) is 31.4. The number of carboxylic acid groups (broad SMARTS) is 1. The lowest BCUT2D eigenvalue weighted by Gasteiger charge is -2.40. The van der Waals surface area contributed by atoms with Crippen LogP contribution >= 0.6 is 0 Å². The number of ether oxygens (including phenoxy) is 5. The molecule has 1 saturated heterocycles. The second kappa shape index (κ2) is 46.7. The van der Waals surface area contributed by atoms with Crippen molar-refractivity contribution in [2.45, 2.75) is 237 Å². The number of carbonyl (C=O) groups excluding carboxylic acids is 3. The molecule has 1 rings (SSSR count). The number of esters is 3. The summed E-state index contributed by atoms with van der Waals surface area (Å²) in [6.07, 6.45) is 48.3. The van der Waals surface area contributed by atoms with E-state index in [4.69, 9.17) is 23.7 Å². The van der Waals surface area contributed by atoms with Crippen LogP contribution < -0.4 is 0 Å². The van der Waals surface area contributed by atoms with Gasteiger partial charge < -0.3 is 39.0 Å². The van der Waals surface area contributed by atoms with E-state index in [0.29, 0.717) is 25.7 Å². The Hall–Kier alpha value is -4.36. The van der Waals surface area contributed by atoms with Crippen molar-refractivity contribution in [2.75, 3.05) is 13.2 Å². The van der Waals surface area contributed by atoms with Gasteiger partial charge in [-0.15, -0.1) is 0 Å². The number of hydrogen-bond acceptors (Lipinski definition) is 11. The molecule has 6 atom stereocenters. The standard InChI is InChI=1S/C59H94O12/c1-4-7-10-13-16-19-22-24-25-26-27-29-31-33-36-39-42-45-51(60)67-48-50(69-52(61)46-43-40-37-34-30-21-18-15-12-9-6-3)49-68-59-57(55(64)54(63)56(71-59)58(65)66)70-53(62)47-44-41-38-35-32-28-23-20-17-14-11-8-5-2/h7,10-11,14-16,18-20,23-25,27,29,33,36,50,54-57,59,63-64H,4-6,8-9,12-13,17,21-22,26,28,30-32,34-35,37-49H2,1-3H3,(H,65,66)/b10-7-,14-11-,18-15-,19-16-,23-20-,25-24-,29-27-,36-33-. The van der Waals surface area contributed by atoms with Crippen molar-refractivity contribution in [1.82, 2.24) is 0 Å². The molecule has 71 heavy (non-hydrogen) atoms. The van der Waals surface area contributed by atoms with Gasteiger partial charge in [-0.05, 0) is 103 Å². The number of hydrogen-bond donors (Lipinski definition) is 3. The van der Waals surface area contributed by atoms with Gasteiger partial charge in [-0.1, -0.05) is 176 Å². The summed E-state index contributed by atoms with van der Waals surface area (Å²) in [5.74, 6) is -3.24. The van der Waals surface area contributed by atoms with Gasteiger partial charge in [0.15, 0.2) is 24.6 Å². The van der Waals surface area contributed by atoms with Crippen LogP contribution in [0.5, 0.6) is 0 Å². The monoisotopic (exact) mass is 995 g/mol. The van der Waals surface area contributed by atoms with Gasteiger partial charge >= 0.3 is 23.9 Å². The first-order valence-electron chi connectivity index (χ1n) is 27.2. The van der Waals surface area contributed by atoms with Crippen LogP contribution in [0.3, 0.4) is 0 Å². The predicted octanol–water partition coefficient (Wildman–Crippen LogP) is 13.3. The van der Waals surface area contributed by atoms with E-state index in [-0.39, 0.29) is 25.9 Å². The van der Waals surface area contributed by atoms with Crippen LogP contribution in [0.4, 0.5) is 0 Å². The smallest absolute Gasteiger partial charge is 0.335 e. The first kappa shape index (κ1) is 64.7. The topological polar surface area (TPSA) is 175 Å². The molecular weight excluding hydrogens is 901 g/mol. The minimum absolute atomic E-state index is 0.0335. The quantitative estimate of drug-likeness (QED) is 0.0228. The number of aliphatic carboxylic acids is 1. The van der Waals surface area contributed by atoms with Crippen molar-refractivity contribution in [3.05, 3.63) is 97.2 Å². The SMILES string of the molecule is CC/C=C\C/C=C\C/C=C\C/C=C\C/C=C\CCCC(=O)OCC(COC1OC(C(=O)O)C(O)C(O)C1OC(=O)CCCCCCC/C=C\C/C=C\CCC)OC(=O)CCCCCCC/C=C\CCCC. The molecule has 6 unspecified atom stereocenters. The average molecular weight is 995 g/mol. The third kappa shape index (κ3) is 37.1. The van der Waals surface area contributed by atoms with E-state index in [1.54, 1.807) is 0 Å². The van der Waals surface area contributed by atoms with Gasteiger partial charge in [0.25, 0.3) is 0 Å². The molecule has 0 radical (unpaired) electrons. The molecule has 3 N–H and O–H groups in total. The fourth-order valence-electron chi connectivity index (χ4n) is 7.42. The van der Waals surface area contributed by atoms with Crippen LogP contribution in [0.2, 0.25) is 0 Å². The normalized spacial score (nSPS) is 19.3. The number of carbonyl (C=O) groups is 4. The Morgan fingerprint density at radius 1 is 0.479 bits per heavy atom. The number of allylic oxidation sites excluding steroid dienone is 16. The lowest BCUT2D eigenvalue weighted by molar-refractivity contribution is -0.301. The third-order valence-corrected chi connectivity index (χ3v) is 11.6. The predicted molar refractivity (Wildman–Crippen MR) is 284 cm³/mol. The second-order valence-corrected chi connectivity index (χ2v) is 18.1.